The predicted octanol–water partition coefficient (Wildman–Crippen LogP) is 3.35. The average Bonchev–Trinajstić information content (AvgIpc) is 2.47. The van der Waals surface area contributed by atoms with Crippen LogP contribution in [0, 0.1) is 0 Å². The molecule has 2 heterocycles. The first-order valence-corrected chi connectivity index (χ1v) is 8.20. The molecule has 0 amide bonds. The first kappa shape index (κ1) is 14.6. The quantitative estimate of drug-likeness (QED) is 0.662. The molecule has 0 aromatic carbocycles. The Morgan fingerprint density at radius 3 is 2.89 bits per heavy atom. The fraction of sp³-hybridized carbons (Fsp3) is 0.714. The van der Waals surface area contributed by atoms with E-state index in [0.717, 1.165) is 43.1 Å². The van der Waals surface area contributed by atoms with Gasteiger partial charge in [-0.3, -0.25) is 0 Å². The Labute approximate surface area is 119 Å². The van der Waals surface area contributed by atoms with Gasteiger partial charge in [0.1, 0.15) is 17.2 Å². The highest BCUT2D eigenvalue weighted by Gasteiger charge is 2.34. The minimum atomic E-state index is 0.0469. The van der Waals surface area contributed by atoms with Crippen LogP contribution >= 0.6 is 11.8 Å². The molecule has 1 aliphatic rings. The fourth-order valence-electron chi connectivity index (χ4n) is 2.63. The summed E-state index contributed by atoms with van der Waals surface area (Å²) in [5.74, 6) is 0.923. The Morgan fingerprint density at radius 1 is 1.42 bits per heavy atom. The summed E-state index contributed by atoms with van der Waals surface area (Å²) in [5, 5.41) is 4.54. The third-order valence-electron chi connectivity index (χ3n) is 3.98. The third-order valence-corrected chi connectivity index (χ3v) is 4.63. The van der Waals surface area contributed by atoms with Crippen molar-refractivity contribution in [1.82, 2.24) is 9.97 Å². The second kappa shape index (κ2) is 6.57. The van der Waals surface area contributed by atoms with Gasteiger partial charge < -0.3 is 10.1 Å². The second-order valence-corrected chi connectivity index (χ2v) is 5.84. The van der Waals surface area contributed by atoms with Gasteiger partial charge >= 0.3 is 0 Å². The molecule has 1 aliphatic heterocycles. The van der Waals surface area contributed by atoms with E-state index < -0.39 is 0 Å². The van der Waals surface area contributed by atoms with Crippen molar-refractivity contribution in [3.63, 3.8) is 0 Å². The van der Waals surface area contributed by atoms with Crippen LogP contribution in [-0.4, -0.2) is 34.5 Å². The Hall–Kier alpha value is -0.810. The van der Waals surface area contributed by atoms with Gasteiger partial charge in [-0.05, 0) is 31.9 Å². The van der Waals surface area contributed by atoms with E-state index in [1.54, 1.807) is 18.1 Å². The van der Waals surface area contributed by atoms with Crippen molar-refractivity contribution in [3.8, 4) is 0 Å². The smallest absolute Gasteiger partial charge is 0.130 e. The van der Waals surface area contributed by atoms with Gasteiger partial charge in [-0.2, -0.15) is 0 Å². The second-order valence-electron chi connectivity index (χ2n) is 5.02. The molecule has 0 bridgehead atoms. The molecule has 1 aromatic heterocycles. The van der Waals surface area contributed by atoms with Crippen molar-refractivity contribution in [2.24, 2.45) is 0 Å². The van der Waals surface area contributed by atoms with Gasteiger partial charge in [-0.15, -0.1) is 11.8 Å². The topological polar surface area (TPSA) is 47.0 Å². The van der Waals surface area contributed by atoms with Crippen molar-refractivity contribution in [2.45, 2.75) is 56.2 Å². The number of nitrogens with one attached hydrogen (secondary N) is 1. The van der Waals surface area contributed by atoms with Gasteiger partial charge in [0, 0.05) is 18.7 Å². The van der Waals surface area contributed by atoms with Crippen molar-refractivity contribution in [1.29, 1.82) is 0 Å². The van der Waals surface area contributed by atoms with Gasteiger partial charge in [-0.1, -0.05) is 13.8 Å². The molecule has 0 saturated carbocycles. The molecule has 1 saturated heterocycles. The number of rotatable bonds is 5. The Kier molecular flexibility index (Phi) is 5.05. The molecule has 2 rings (SSSR count). The van der Waals surface area contributed by atoms with Crippen LogP contribution in [-0.2, 0) is 4.74 Å². The van der Waals surface area contributed by atoms with Crippen LogP contribution in [0.3, 0.4) is 0 Å². The number of thioether (sulfide) groups is 1. The van der Waals surface area contributed by atoms with E-state index in [-0.39, 0.29) is 5.60 Å². The lowest BCUT2D eigenvalue weighted by Gasteiger charge is -2.40. The van der Waals surface area contributed by atoms with E-state index in [1.807, 2.05) is 12.3 Å². The average molecular weight is 281 g/mol. The molecule has 1 aromatic rings. The number of hydrogen-bond acceptors (Lipinski definition) is 5. The minimum Gasteiger partial charge on any atom is -0.375 e. The molecule has 4 nitrogen and oxygen atoms in total. The Bertz CT molecular complexity index is 409. The predicted molar refractivity (Wildman–Crippen MR) is 79.7 cm³/mol. The van der Waals surface area contributed by atoms with Gasteiger partial charge in [0.15, 0.2) is 0 Å². The number of hydrogen-bond donors (Lipinski definition) is 1. The summed E-state index contributed by atoms with van der Waals surface area (Å²) in [6.45, 7) is 5.25. The molecule has 0 radical (unpaired) electrons. The fourth-order valence-corrected chi connectivity index (χ4v) is 3.01. The molecule has 1 unspecified atom stereocenters. The van der Waals surface area contributed by atoms with E-state index in [1.165, 1.54) is 0 Å². The molecule has 1 fully saturated rings. The molecule has 1 atom stereocenters. The van der Waals surface area contributed by atoms with E-state index in [2.05, 4.69) is 29.1 Å². The van der Waals surface area contributed by atoms with Gasteiger partial charge in [0.05, 0.1) is 5.60 Å². The van der Waals surface area contributed by atoms with E-state index >= 15 is 0 Å². The van der Waals surface area contributed by atoms with Crippen molar-refractivity contribution < 1.29 is 4.74 Å². The Morgan fingerprint density at radius 2 is 2.21 bits per heavy atom. The molecule has 19 heavy (non-hydrogen) atoms. The molecular weight excluding hydrogens is 258 g/mol. The number of anilines is 1. The Balaban J connectivity index is 2.02. The number of ether oxygens (including phenoxy) is 1. The normalized spacial score (nSPS) is 22.2. The first-order valence-electron chi connectivity index (χ1n) is 6.98. The summed E-state index contributed by atoms with van der Waals surface area (Å²) in [7, 11) is 0. The lowest BCUT2D eigenvalue weighted by atomic mass is 9.86. The zero-order chi connectivity index (χ0) is 13.7. The standard InChI is InChI=1S/C14H23N3OS/c1-4-14(5-2)9-11(6-7-18-14)17-12-8-13(19-3)16-10-15-12/h8,10-11H,4-7,9H2,1-3H3,(H,15,16,17). The summed E-state index contributed by atoms with van der Waals surface area (Å²) in [5.41, 5.74) is 0.0469. The maximum absolute atomic E-state index is 6.00. The molecule has 0 aliphatic carbocycles. The van der Waals surface area contributed by atoms with Crippen molar-refractivity contribution in [3.05, 3.63) is 12.4 Å². The minimum absolute atomic E-state index is 0.0469. The van der Waals surface area contributed by atoms with Crippen LogP contribution in [0.15, 0.2) is 17.4 Å². The molecule has 1 N–H and O–H groups in total. The van der Waals surface area contributed by atoms with E-state index in [9.17, 15) is 0 Å². The largest absolute Gasteiger partial charge is 0.375 e. The van der Waals surface area contributed by atoms with Gasteiger partial charge in [0.2, 0.25) is 0 Å². The molecule has 106 valence electrons. The number of aromatic nitrogens is 2. The van der Waals surface area contributed by atoms with E-state index in [4.69, 9.17) is 4.74 Å². The molecule has 0 spiro atoms. The number of nitrogens with zero attached hydrogens (tertiary/aromatic N) is 2. The first-order chi connectivity index (χ1) is 9.21. The summed E-state index contributed by atoms with van der Waals surface area (Å²) in [4.78, 5) is 8.50. The van der Waals surface area contributed by atoms with Crippen molar-refractivity contribution in [2.75, 3.05) is 18.2 Å². The highest BCUT2D eigenvalue weighted by molar-refractivity contribution is 7.98. The van der Waals surface area contributed by atoms with Gasteiger partial charge in [0.25, 0.3) is 0 Å². The highest BCUT2D eigenvalue weighted by atomic mass is 32.2. The molecule has 5 heteroatoms. The third kappa shape index (κ3) is 3.60. The summed E-state index contributed by atoms with van der Waals surface area (Å²) < 4.78 is 6.00. The van der Waals surface area contributed by atoms with Crippen LogP contribution in [0.25, 0.3) is 0 Å². The summed E-state index contributed by atoms with van der Waals surface area (Å²) in [6.07, 6.45) is 7.89. The monoisotopic (exact) mass is 281 g/mol. The van der Waals surface area contributed by atoms with Crippen LogP contribution in [0.2, 0.25) is 0 Å². The highest BCUT2D eigenvalue weighted by Crippen LogP contribution is 2.32. The molecular formula is C14H23N3OS. The summed E-state index contributed by atoms with van der Waals surface area (Å²) in [6, 6.07) is 2.46. The van der Waals surface area contributed by atoms with Crippen LogP contribution in [0.1, 0.15) is 39.5 Å². The maximum atomic E-state index is 6.00. The lowest BCUT2D eigenvalue weighted by Crippen LogP contribution is -2.43. The zero-order valence-corrected chi connectivity index (χ0v) is 12.8. The SMILES string of the molecule is CCC1(CC)CC(Nc2cc(SC)ncn2)CCO1. The van der Waals surface area contributed by atoms with Crippen LogP contribution in [0.4, 0.5) is 5.82 Å². The lowest BCUT2D eigenvalue weighted by molar-refractivity contribution is -0.0864. The van der Waals surface area contributed by atoms with Crippen LogP contribution in [0.5, 0.6) is 0 Å². The van der Waals surface area contributed by atoms with Crippen LogP contribution < -0.4 is 5.32 Å². The van der Waals surface area contributed by atoms with Crippen molar-refractivity contribution >= 4 is 17.6 Å². The van der Waals surface area contributed by atoms with E-state index in [0.29, 0.717) is 6.04 Å². The summed E-state index contributed by atoms with van der Waals surface area (Å²) >= 11 is 1.64. The maximum Gasteiger partial charge on any atom is 0.130 e. The van der Waals surface area contributed by atoms with Gasteiger partial charge in [-0.25, -0.2) is 9.97 Å². The zero-order valence-electron chi connectivity index (χ0n) is 12.0.